The molecule has 3 aromatic rings. The number of aromatic nitrogens is 2. The first-order valence-electron chi connectivity index (χ1n) is 8.86. The standard InChI is InChI=1S/C21H23N3O3/c1-4-10-22-21(25)14-6-9-17-18(12-14)24-20(23-17)16-8-7-15(27-11-5-2)13-19(16)26-3/h5-9,12-13H,2,4,10-11H2,1,3H3,(H,22,25)(H,23,24). The molecule has 0 atom stereocenters. The fraction of sp³-hybridized carbons (Fsp3) is 0.238. The number of nitrogens with zero attached hydrogens (tertiary/aromatic N) is 1. The van der Waals surface area contributed by atoms with Crippen LogP contribution in [0.5, 0.6) is 11.5 Å². The highest BCUT2D eigenvalue weighted by molar-refractivity contribution is 5.97. The number of imidazole rings is 1. The van der Waals surface area contributed by atoms with Crippen molar-refractivity contribution in [2.75, 3.05) is 20.3 Å². The van der Waals surface area contributed by atoms with Crippen LogP contribution in [-0.4, -0.2) is 36.1 Å². The average molecular weight is 365 g/mol. The third kappa shape index (κ3) is 4.11. The zero-order valence-electron chi connectivity index (χ0n) is 15.5. The molecule has 2 aromatic carbocycles. The molecule has 140 valence electrons. The quantitative estimate of drug-likeness (QED) is 0.593. The molecular formula is C21H23N3O3. The molecule has 0 saturated heterocycles. The van der Waals surface area contributed by atoms with Gasteiger partial charge < -0.3 is 19.8 Å². The van der Waals surface area contributed by atoms with Gasteiger partial charge in [-0.2, -0.15) is 0 Å². The van der Waals surface area contributed by atoms with Crippen LogP contribution in [0, 0.1) is 0 Å². The number of ether oxygens (including phenoxy) is 2. The molecule has 0 spiro atoms. The van der Waals surface area contributed by atoms with Crippen LogP contribution < -0.4 is 14.8 Å². The fourth-order valence-electron chi connectivity index (χ4n) is 2.73. The van der Waals surface area contributed by atoms with E-state index in [0.29, 0.717) is 36.0 Å². The van der Waals surface area contributed by atoms with E-state index in [4.69, 9.17) is 9.47 Å². The minimum absolute atomic E-state index is 0.0930. The highest BCUT2D eigenvalue weighted by Crippen LogP contribution is 2.33. The first-order chi connectivity index (χ1) is 13.2. The Morgan fingerprint density at radius 3 is 2.89 bits per heavy atom. The molecule has 3 rings (SSSR count). The van der Waals surface area contributed by atoms with Crippen molar-refractivity contribution in [1.29, 1.82) is 0 Å². The van der Waals surface area contributed by atoms with Gasteiger partial charge >= 0.3 is 0 Å². The highest BCUT2D eigenvalue weighted by atomic mass is 16.5. The van der Waals surface area contributed by atoms with Crippen molar-refractivity contribution >= 4 is 16.9 Å². The van der Waals surface area contributed by atoms with Gasteiger partial charge in [0.15, 0.2) is 0 Å². The number of fused-ring (bicyclic) bond motifs is 1. The Morgan fingerprint density at radius 2 is 2.15 bits per heavy atom. The SMILES string of the molecule is C=CCOc1ccc(-c2nc3cc(C(=O)NCCC)ccc3[nH]2)c(OC)c1. The van der Waals surface area contributed by atoms with Gasteiger partial charge in [-0.15, -0.1) is 0 Å². The molecule has 2 N–H and O–H groups in total. The number of carbonyl (C=O) groups is 1. The van der Waals surface area contributed by atoms with Gasteiger partial charge in [-0.05, 0) is 36.8 Å². The highest BCUT2D eigenvalue weighted by Gasteiger charge is 2.13. The van der Waals surface area contributed by atoms with Crippen molar-refractivity contribution in [3.63, 3.8) is 0 Å². The number of methoxy groups -OCH3 is 1. The third-order valence-corrected chi connectivity index (χ3v) is 4.08. The molecular weight excluding hydrogens is 342 g/mol. The van der Waals surface area contributed by atoms with Crippen LogP contribution in [0.2, 0.25) is 0 Å². The van der Waals surface area contributed by atoms with Crippen molar-refractivity contribution in [2.24, 2.45) is 0 Å². The molecule has 0 aliphatic carbocycles. The van der Waals surface area contributed by atoms with Gasteiger partial charge in [0, 0.05) is 18.2 Å². The van der Waals surface area contributed by atoms with Crippen LogP contribution in [0.4, 0.5) is 0 Å². The molecule has 0 bridgehead atoms. The first-order valence-corrected chi connectivity index (χ1v) is 8.86. The molecule has 1 amide bonds. The minimum Gasteiger partial charge on any atom is -0.496 e. The van der Waals surface area contributed by atoms with E-state index in [2.05, 4.69) is 21.9 Å². The summed E-state index contributed by atoms with van der Waals surface area (Å²) in [6, 6.07) is 11.0. The van der Waals surface area contributed by atoms with E-state index in [0.717, 1.165) is 23.0 Å². The van der Waals surface area contributed by atoms with Crippen LogP contribution >= 0.6 is 0 Å². The molecule has 27 heavy (non-hydrogen) atoms. The summed E-state index contributed by atoms with van der Waals surface area (Å²) < 4.78 is 11.0. The molecule has 0 radical (unpaired) electrons. The lowest BCUT2D eigenvalue weighted by Crippen LogP contribution is -2.23. The second-order valence-corrected chi connectivity index (χ2v) is 6.04. The van der Waals surface area contributed by atoms with E-state index in [1.807, 2.05) is 31.2 Å². The summed E-state index contributed by atoms with van der Waals surface area (Å²) in [4.78, 5) is 20.1. The minimum atomic E-state index is -0.0930. The number of benzene rings is 2. The van der Waals surface area contributed by atoms with E-state index in [1.54, 1.807) is 25.3 Å². The van der Waals surface area contributed by atoms with Crippen molar-refractivity contribution in [3.05, 3.63) is 54.6 Å². The maximum Gasteiger partial charge on any atom is 0.251 e. The summed E-state index contributed by atoms with van der Waals surface area (Å²) in [5, 5.41) is 2.88. The predicted molar refractivity (Wildman–Crippen MR) is 106 cm³/mol. The lowest BCUT2D eigenvalue weighted by Gasteiger charge is -2.09. The van der Waals surface area contributed by atoms with Gasteiger partial charge in [-0.1, -0.05) is 19.6 Å². The normalized spacial score (nSPS) is 10.6. The van der Waals surface area contributed by atoms with E-state index in [-0.39, 0.29) is 5.91 Å². The third-order valence-electron chi connectivity index (χ3n) is 4.08. The van der Waals surface area contributed by atoms with Crippen LogP contribution in [0.1, 0.15) is 23.7 Å². The monoisotopic (exact) mass is 365 g/mol. The predicted octanol–water partition coefficient (Wildman–Crippen LogP) is 3.94. The number of aromatic amines is 1. The summed E-state index contributed by atoms with van der Waals surface area (Å²) in [6.07, 6.45) is 2.58. The Morgan fingerprint density at radius 1 is 1.30 bits per heavy atom. The van der Waals surface area contributed by atoms with E-state index < -0.39 is 0 Å². The lowest BCUT2D eigenvalue weighted by molar-refractivity contribution is 0.0954. The number of hydrogen-bond acceptors (Lipinski definition) is 4. The summed E-state index contributed by atoms with van der Waals surface area (Å²) in [7, 11) is 1.61. The molecule has 0 fully saturated rings. The summed E-state index contributed by atoms with van der Waals surface area (Å²) >= 11 is 0. The van der Waals surface area contributed by atoms with Gasteiger partial charge in [0.1, 0.15) is 23.9 Å². The van der Waals surface area contributed by atoms with E-state index in [9.17, 15) is 4.79 Å². The molecule has 0 saturated carbocycles. The largest absolute Gasteiger partial charge is 0.496 e. The molecule has 1 heterocycles. The number of H-pyrrole nitrogens is 1. The van der Waals surface area contributed by atoms with Crippen LogP contribution in [0.15, 0.2) is 49.1 Å². The Labute approximate surface area is 158 Å². The fourth-order valence-corrected chi connectivity index (χ4v) is 2.73. The Kier molecular flexibility index (Phi) is 5.76. The second kappa shape index (κ2) is 8.40. The Hall–Kier alpha value is -3.28. The van der Waals surface area contributed by atoms with Crippen LogP contribution in [-0.2, 0) is 0 Å². The maximum atomic E-state index is 12.2. The average Bonchev–Trinajstić information content (AvgIpc) is 3.13. The van der Waals surface area contributed by atoms with Crippen molar-refractivity contribution in [2.45, 2.75) is 13.3 Å². The van der Waals surface area contributed by atoms with Gasteiger partial charge in [0.2, 0.25) is 0 Å². The zero-order chi connectivity index (χ0) is 19.2. The number of rotatable bonds is 8. The van der Waals surface area contributed by atoms with Gasteiger partial charge in [-0.3, -0.25) is 4.79 Å². The Balaban J connectivity index is 1.92. The summed E-state index contributed by atoms with van der Waals surface area (Å²) in [5.74, 6) is 1.92. The number of amides is 1. The molecule has 0 unspecified atom stereocenters. The molecule has 0 aliphatic heterocycles. The van der Waals surface area contributed by atoms with E-state index in [1.165, 1.54) is 0 Å². The molecule has 0 aliphatic rings. The van der Waals surface area contributed by atoms with Gasteiger partial charge in [0.25, 0.3) is 5.91 Å². The second-order valence-electron chi connectivity index (χ2n) is 6.04. The smallest absolute Gasteiger partial charge is 0.251 e. The van der Waals surface area contributed by atoms with E-state index >= 15 is 0 Å². The summed E-state index contributed by atoms with van der Waals surface area (Å²) in [5.41, 5.74) is 2.99. The number of carbonyl (C=O) groups excluding carboxylic acids is 1. The Bertz CT molecular complexity index is 962. The van der Waals surface area contributed by atoms with Crippen LogP contribution in [0.3, 0.4) is 0 Å². The van der Waals surface area contributed by atoms with Crippen LogP contribution in [0.25, 0.3) is 22.4 Å². The topological polar surface area (TPSA) is 76.2 Å². The first kappa shape index (κ1) is 18.5. The maximum absolute atomic E-state index is 12.2. The molecule has 6 heteroatoms. The number of hydrogen-bond donors (Lipinski definition) is 2. The van der Waals surface area contributed by atoms with Crippen molar-refractivity contribution < 1.29 is 14.3 Å². The number of nitrogens with one attached hydrogen (secondary N) is 2. The van der Waals surface area contributed by atoms with Crippen molar-refractivity contribution in [1.82, 2.24) is 15.3 Å². The molecule has 6 nitrogen and oxygen atoms in total. The summed E-state index contributed by atoms with van der Waals surface area (Å²) in [6.45, 7) is 6.74. The molecule has 1 aromatic heterocycles. The van der Waals surface area contributed by atoms with Gasteiger partial charge in [-0.25, -0.2) is 4.98 Å². The van der Waals surface area contributed by atoms with Gasteiger partial charge in [0.05, 0.1) is 23.7 Å². The van der Waals surface area contributed by atoms with Crippen molar-refractivity contribution in [3.8, 4) is 22.9 Å². The zero-order valence-corrected chi connectivity index (χ0v) is 15.5. The lowest BCUT2D eigenvalue weighted by atomic mass is 10.2.